The summed E-state index contributed by atoms with van der Waals surface area (Å²) in [7, 11) is 0. The van der Waals surface area contributed by atoms with Gasteiger partial charge in [-0.2, -0.15) is 0 Å². The van der Waals surface area contributed by atoms with E-state index in [2.05, 4.69) is 28.9 Å². The molecule has 2 saturated heterocycles. The molecule has 2 fully saturated rings. The van der Waals surface area contributed by atoms with Crippen LogP contribution in [0.2, 0.25) is 0 Å². The van der Waals surface area contributed by atoms with E-state index < -0.39 is 6.10 Å². The predicted octanol–water partition coefficient (Wildman–Crippen LogP) is 3.12. The number of amides is 1. The van der Waals surface area contributed by atoms with Crippen molar-refractivity contribution in [1.29, 1.82) is 0 Å². The summed E-state index contributed by atoms with van der Waals surface area (Å²) in [5.41, 5.74) is 0.595. The highest BCUT2D eigenvalue weighted by atomic mass is 16.3. The van der Waals surface area contributed by atoms with Crippen LogP contribution in [0.3, 0.4) is 0 Å². The number of pyridine rings is 1. The summed E-state index contributed by atoms with van der Waals surface area (Å²) in [4.78, 5) is 21.2. The van der Waals surface area contributed by atoms with Gasteiger partial charge in [0.05, 0.1) is 18.2 Å². The molecule has 1 amide bonds. The van der Waals surface area contributed by atoms with Gasteiger partial charge in [-0.15, -0.1) is 0 Å². The maximum Gasteiger partial charge on any atom is 0.255 e. The lowest BCUT2D eigenvalue weighted by atomic mass is 9.71. The number of carbonyl (C=O) groups is 1. The lowest BCUT2D eigenvalue weighted by Gasteiger charge is -2.49. The number of β-amino-alcohol motifs (C(OH)–C–C–N with tert-alkyl or cyclic N) is 1. The van der Waals surface area contributed by atoms with Crippen LogP contribution in [-0.2, 0) is 13.0 Å². The number of hydrogen-bond acceptors (Lipinski definition) is 5. The fraction of sp³-hybridized carbons (Fsp3) is 0.565. The molecule has 1 spiro atoms. The molecule has 2 aromatic heterocycles. The highest BCUT2D eigenvalue weighted by Gasteiger charge is 2.43. The van der Waals surface area contributed by atoms with Crippen molar-refractivity contribution in [2.75, 3.05) is 26.2 Å². The number of aromatic nitrogens is 1. The fourth-order valence-corrected chi connectivity index (χ4v) is 4.84. The lowest BCUT2D eigenvalue weighted by Crippen LogP contribution is -2.55. The zero-order chi connectivity index (χ0) is 20.3. The molecule has 2 aliphatic rings. The van der Waals surface area contributed by atoms with Crippen molar-refractivity contribution in [2.45, 2.75) is 51.7 Å². The minimum atomic E-state index is -0.461. The second-order valence-corrected chi connectivity index (χ2v) is 8.68. The van der Waals surface area contributed by atoms with E-state index in [1.54, 1.807) is 24.5 Å². The summed E-state index contributed by atoms with van der Waals surface area (Å²) in [6.07, 6.45) is 7.65. The number of carbonyl (C=O) groups excluding carboxylic acids is 1. The van der Waals surface area contributed by atoms with Gasteiger partial charge in [0, 0.05) is 31.9 Å². The van der Waals surface area contributed by atoms with Crippen LogP contribution in [-0.4, -0.2) is 58.1 Å². The number of furan rings is 1. The highest BCUT2D eigenvalue weighted by Crippen LogP contribution is 2.40. The van der Waals surface area contributed by atoms with E-state index in [0.717, 1.165) is 63.3 Å². The van der Waals surface area contributed by atoms with Crippen LogP contribution in [0.1, 0.15) is 54.5 Å². The van der Waals surface area contributed by atoms with Gasteiger partial charge in [0.15, 0.2) is 0 Å². The van der Waals surface area contributed by atoms with Crippen LogP contribution in [0.15, 0.2) is 41.1 Å². The number of nitrogens with zero attached hydrogens (tertiary/aromatic N) is 3. The van der Waals surface area contributed by atoms with Crippen molar-refractivity contribution in [1.82, 2.24) is 14.8 Å². The molecular formula is C23H31N3O3. The Labute approximate surface area is 172 Å². The average Bonchev–Trinajstić information content (AvgIpc) is 3.17. The normalized spacial score (nSPS) is 22.1. The average molecular weight is 398 g/mol. The monoisotopic (exact) mass is 397 g/mol. The second-order valence-electron chi connectivity index (χ2n) is 8.68. The zero-order valence-electron chi connectivity index (χ0n) is 17.2. The summed E-state index contributed by atoms with van der Waals surface area (Å²) in [6, 6.07) is 7.75. The molecule has 156 valence electrons. The van der Waals surface area contributed by atoms with E-state index in [0.29, 0.717) is 18.7 Å². The molecule has 1 atom stereocenters. The number of aryl methyl sites for hydroxylation is 1. The Morgan fingerprint density at radius 2 is 2.07 bits per heavy atom. The third-order valence-electron chi connectivity index (χ3n) is 6.33. The van der Waals surface area contributed by atoms with Crippen LogP contribution >= 0.6 is 0 Å². The van der Waals surface area contributed by atoms with E-state index >= 15 is 0 Å². The number of likely N-dealkylation sites (tertiary alicyclic amines) is 2. The quantitative estimate of drug-likeness (QED) is 0.839. The fourth-order valence-electron chi connectivity index (χ4n) is 4.84. The molecule has 4 heterocycles. The molecule has 1 unspecified atom stereocenters. The lowest BCUT2D eigenvalue weighted by molar-refractivity contribution is -0.0344. The first kappa shape index (κ1) is 20.1. The largest absolute Gasteiger partial charge is 0.465 e. The number of rotatable bonds is 5. The first-order chi connectivity index (χ1) is 14.1. The Hall–Kier alpha value is -2.18. The van der Waals surface area contributed by atoms with Gasteiger partial charge in [-0.1, -0.05) is 6.92 Å². The van der Waals surface area contributed by atoms with Gasteiger partial charge < -0.3 is 14.4 Å². The molecule has 0 bridgehead atoms. The molecule has 0 aromatic carbocycles. The Balaban J connectivity index is 1.36. The molecular weight excluding hydrogens is 366 g/mol. The minimum Gasteiger partial charge on any atom is -0.465 e. The molecule has 0 saturated carbocycles. The van der Waals surface area contributed by atoms with Crippen LogP contribution in [0, 0.1) is 5.41 Å². The Bertz CT molecular complexity index is 812. The first-order valence-corrected chi connectivity index (χ1v) is 10.7. The smallest absolute Gasteiger partial charge is 0.255 e. The van der Waals surface area contributed by atoms with Crippen molar-refractivity contribution in [3.8, 4) is 0 Å². The highest BCUT2D eigenvalue weighted by molar-refractivity contribution is 5.94. The maximum absolute atomic E-state index is 12.9. The summed E-state index contributed by atoms with van der Waals surface area (Å²) >= 11 is 0. The molecule has 0 radical (unpaired) electrons. The standard InChI is InChI=1S/C23H31N3O3/c1-2-4-20-6-7-21(29-20)16-25-11-8-23(9-12-25)13-19(27)15-26(17-23)22(28)18-5-3-10-24-14-18/h3,5-7,10,14,19,27H,2,4,8-9,11-13,15-17H2,1H3. The van der Waals surface area contributed by atoms with Gasteiger partial charge in [-0.05, 0) is 68.5 Å². The van der Waals surface area contributed by atoms with E-state index in [-0.39, 0.29) is 11.3 Å². The molecule has 1 N–H and O–H groups in total. The zero-order valence-corrected chi connectivity index (χ0v) is 17.2. The molecule has 6 heteroatoms. The second kappa shape index (κ2) is 8.67. The SMILES string of the molecule is CCCc1ccc(CN2CCC3(CC2)CC(O)CN(C(=O)c2cccnc2)C3)o1. The van der Waals surface area contributed by atoms with Crippen molar-refractivity contribution < 1.29 is 14.3 Å². The van der Waals surface area contributed by atoms with Crippen molar-refractivity contribution in [2.24, 2.45) is 5.41 Å². The first-order valence-electron chi connectivity index (χ1n) is 10.7. The molecule has 4 rings (SSSR count). The summed E-state index contributed by atoms with van der Waals surface area (Å²) in [5, 5.41) is 10.5. The van der Waals surface area contributed by atoms with Gasteiger partial charge in [-0.25, -0.2) is 0 Å². The molecule has 2 aliphatic heterocycles. The maximum atomic E-state index is 12.9. The van der Waals surface area contributed by atoms with Crippen LogP contribution in [0.5, 0.6) is 0 Å². The third kappa shape index (κ3) is 4.70. The van der Waals surface area contributed by atoms with Crippen molar-refractivity contribution in [3.05, 3.63) is 53.7 Å². The van der Waals surface area contributed by atoms with Crippen LogP contribution < -0.4 is 0 Å². The van der Waals surface area contributed by atoms with Crippen LogP contribution in [0.4, 0.5) is 0 Å². The summed E-state index contributed by atoms with van der Waals surface area (Å²) in [6.45, 7) is 6.05. The van der Waals surface area contributed by atoms with E-state index in [1.807, 2.05) is 4.90 Å². The van der Waals surface area contributed by atoms with Gasteiger partial charge in [-0.3, -0.25) is 14.7 Å². The Morgan fingerprint density at radius 1 is 1.28 bits per heavy atom. The minimum absolute atomic E-state index is 0.00255. The van der Waals surface area contributed by atoms with E-state index in [1.165, 1.54) is 0 Å². The molecule has 6 nitrogen and oxygen atoms in total. The number of piperidine rings is 2. The Kier molecular flexibility index (Phi) is 6.01. The third-order valence-corrected chi connectivity index (χ3v) is 6.33. The van der Waals surface area contributed by atoms with Gasteiger partial charge in [0.1, 0.15) is 11.5 Å². The molecule has 29 heavy (non-hydrogen) atoms. The Morgan fingerprint density at radius 3 is 2.79 bits per heavy atom. The van der Waals surface area contributed by atoms with Gasteiger partial charge in [0.2, 0.25) is 0 Å². The number of hydrogen-bond donors (Lipinski definition) is 1. The topological polar surface area (TPSA) is 69.8 Å². The summed E-state index contributed by atoms with van der Waals surface area (Å²) < 4.78 is 5.94. The van der Waals surface area contributed by atoms with E-state index in [4.69, 9.17) is 4.42 Å². The van der Waals surface area contributed by atoms with Crippen molar-refractivity contribution in [3.63, 3.8) is 0 Å². The van der Waals surface area contributed by atoms with Crippen molar-refractivity contribution >= 4 is 5.91 Å². The summed E-state index contributed by atoms with van der Waals surface area (Å²) in [5.74, 6) is 2.06. The number of aliphatic hydroxyl groups excluding tert-OH is 1. The predicted molar refractivity (Wildman–Crippen MR) is 110 cm³/mol. The molecule has 0 aliphatic carbocycles. The number of aliphatic hydroxyl groups is 1. The van der Waals surface area contributed by atoms with Crippen LogP contribution in [0.25, 0.3) is 0 Å². The van der Waals surface area contributed by atoms with E-state index in [9.17, 15) is 9.90 Å². The molecule has 2 aromatic rings. The van der Waals surface area contributed by atoms with Gasteiger partial charge >= 0.3 is 0 Å². The van der Waals surface area contributed by atoms with Gasteiger partial charge in [0.25, 0.3) is 5.91 Å².